The van der Waals surface area contributed by atoms with Crippen molar-refractivity contribution in [2.75, 3.05) is 6.61 Å². The van der Waals surface area contributed by atoms with E-state index in [9.17, 15) is 15.3 Å². The van der Waals surface area contributed by atoms with Gasteiger partial charge in [0.25, 0.3) is 0 Å². The van der Waals surface area contributed by atoms with Crippen molar-refractivity contribution in [2.24, 2.45) is 0 Å². The van der Waals surface area contributed by atoms with Crippen LogP contribution in [0.3, 0.4) is 0 Å². The SMILES string of the molecule is OC[C@H]1O[C@@H](OP(O)O)[C@H](O)[C@@H](O)[C@@H]1O. The lowest BCUT2D eigenvalue weighted by atomic mass is 10.00. The zero-order chi connectivity index (χ0) is 11.6. The Labute approximate surface area is 86.3 Å². The predicted molar refractivity (Wildman–Crippen MR) is 46.2 cm³/mol. The molecule has 0 radical (unpaired) electrons. The first-order valence-corrected chi connectivity index (χ1v) is 5.29. The van der Waals surface area contributed by atoms with Crippen LogP contribution in [0.4, 0.5) is 0 Å². The van der Waals surface area contributed by atoms with Crippen LogP contribution in [0.25, 0.3) is 0 Å². The van der Waals surface area contributed by atoms with E-state index < -0.39 is 45.9 Å². The van der Waals surface area contributed by atoms with Gasteiger partial charge >= 0.3 is 8.60 Å². The maximum absolute atomic E-state index is 9.32. The molecule has 0 saturated carbocycles. The second-order valence-corrected chi connectivity index (χ2v) is 3.77. The normalized spacial score (nSPS) is 42.2. The van der Waals surface area contributed by atoms with E-state index >= 15 is 0 Å². The summed E-state index contributed by atoms with van der Waals surface area (Å²) < 4.78 is 9.18. The van der Waals surface area contributed by atoms with Crippen molar-refractivity contribution < 1.29 is 39.5 Å². The molecule has 0 aromatic rings. The monoisotopic (exact) mass is 244 g/mol. The van der Waals surface area contributed by atoms with Crippen LogP contribution in [0.5, 0.6) is 0 Å². The standard InChI is InChI=1S/C6H13O8P/c7-1-2-3(8)4(9)5(10)6(13-2)14-15(11)12/h2-12H,1H2/t2-,3-,4+,5-,6+/m1/s1. The van der Waals surface area contributed by atoms with Crippen LogP contribution in [0.2, 0.25) is 0 Å². The van der Waals surface area contributed by atoms with Crippen molar-refractivity contribution in [2.45, 2.75) is 30.7 Å². The third-order valence-electron chi connectivity index (χ3n) is 2.05. The molecule has 0 bridgehead atoms. The highest BCUT2D eigenvalue weighted by atomic mass is 31.2. The molecule has 1 aliphatic rings. The first-order valence-electron chi connectivity index (χ1n) is 4.12. The first kappa shape index (κ1) is 13.2. The van der Waals surface area contributed by atoms with E-state index in [4.69, 9.17) is 19.6 Å². The second-order valence-electron chi connectivity index (χ2n) is 3.06. The molecule has 0 spiro atoms. The largest absolute Gasteiger partial charge is 0.394 e. The number of ether oxygens (including phenoxy) is 1. The minimum atomic E-state index is -2.77. The molecule has 1 saturated heterocycles. The molecule has 9 heteroatoms. The van der Waals surface area contributed by atoms with E-state index in [0.717, 1.165) is 0 Å². The van der Waals surface area contributed by atoms with Gasteiger partial charge in [0.2, 0.25) is 0 Å². The van der Waals surface area contributed by atoms with Gasteiger partial charge in [0, 0.05) is 0 Å². The van der Waals surface area contributed by atoms with Crippen LogP contribution < -0.4 is 0 Å². The third-order valence-corrected chi connectivity index (χ3v) is 2.44. The summed E-state index contributed by atoms with van der Waals surface area (Å²) in [5.41, 5.74) is 0. The number of hydrogen-bond acceptors (Lipinski definition) is 8. The van der Waals surface area contributed by atoms with E-state index in [0.29, 0.717) is 0 Å². The molecular weight excluding hydrogens is 231 g/mol. The van der Waals surface area contributed by atoms with E-state index in [1.165, 1.54) is 0 Å². The van der Waals surface area contributed by atoms with Gasteiger partial charge < -0.3 is 34.9 Å². The average molecular weight is 244 g/mol. The van der Waals surface area contributed by atoms with Crippen LogP contribution in [-0.2, 0) is 9.26 Å². The van der Waals surface area contributed by atoms with Crippen LogP contribution in [0.15, 0.2) is 0 Å². The Morgan fingerprint density at radius 3 is 2.13 bits per heavy atom. The lowest BCUT2D eigenvalue weighted by Crippen LogP contribution is -2.58. The lowest BCUT2D eigenvalue weighted by Gasteiger charge is -2.39. The van der Waals surface area contributed by atoms with E-state index in [1.54, 1.807) is 0 Å². The first-order chi connectivity index (χ1) is 6.97. The highest BCUT2D eigenvalue weighted by molar-refractivity contribution is 7.39. The number of aliphatic hydroxyl groups is 4. The van der Waals surface area contributed by atoms with Gasteiger partial charge in [-0.05, 0) is 0 Å². The number of hydrogen-bond donors (Lipinski definition) is 6. The highest BCUT2D eigenvalue weighted by Gasteiger charge is 2.44. The molecule has 8 nitrogen and oxygen atoms in total. The molecule has 90 valence electrons. The van der Waals surface area contributed by atoms with E-state index in [-0.39, 0.29) is 0 Å². The Balaban J connectivity index is 2.65. The summed E-state index contributed by atoms with van der Waals surface area (Å²) in [5, 5.41) is 36.7. The van der Waals surface area contributed by atoms with Gasteiger partial charge in [-0.2, -0.15) is 0 Å². The summed E-state index contributed by atoms with van der Waals surface area (Å²) in [6.45, 7) is -0.598. The smallest absolute Gasteiger partial charge is 0.329 e. The van der Waals surface area contributed by atoms with E-state index in [2.05, 4.69) is 4.52 Å². The topological polar surface area (TPSA) is 140 Å². The van der Waals surface area contributed by atoms with Gasteiger partial charge in [0.15, 0.2) is 6.29 Å². The van der Waals surface area contributed by atoms with Crippen LogP contribution in [0, 0.1) is 0 Å². The van der Waals surface area contributed by atoms with Crippen molar-refractivity contribution in [1.82, 2.24) is 0 Å². The third kappa shape index (κ3) is 3.04. The fourth-order valence-corrected chi connectivity index (χ4v) is 1.61. The zero-order valence-corrected chi connectivity index (χ0v) is 8.44. The average Bonchev–Trinajstić information content (AvgIpc) is 2.18. The molecule has 0 aliphatic carbocycles. The minimum Gasteiger partial charge on any atom is -0.394 e. The minimum absolute atomic E-state index is 0.598. The molecule has 1 rings (SSSR count). The second kappa shape index (κ2) is 5.44. The molecule has 0 aromatic carbocycles. The van der Waals surface area contributed by atoms with Gasteiger partial charge in [-0.3, -0.25) is 4.52 Å². The molecule has 1 fully saturated rings. The van der Waals surface area contributed by atoms with E-state index in [1.807, 2.05) is 0 Å². The molecular formula is C6H13O8P. The Hall–Kier alpha value is 0.110. The summed E-state index contributed by atoms with van der Waals surface area (Å²) in [7, 11) is -2.77. The van der Waals surface area contributed by atoms with Gasteiger partial charge in [-0.1, -0.05) is 0 Å². The lowest BCUT2D eigenvalue weighted by molar-refractivity contribution is -0.278. The molecule has 6 N–H and O–H groups in total. The summed E-state index contributed by atoms with van der Waals surface area (Å²) >= 11 is 0. The van der Waals surface area contributed by atoms with Crippen molar-refractivity contribution >= 4 is 8.60 Å². The van der Waals surface area contributed by atoms with Gasteiger partial charge in [-0.25, -0.2) is 0 Å². The number of rotatable bonds is 3. The molecule has 5 atom stereocenters. The Morgan fingerprint density at radius 1 is 1.07 bits per heavy atom. The number of aliphatic hydroxyl groups excluding tert-OH is 4. The van der Waals surface area contributed by atoms with Crippen molar-refractivity contribution in [3.8, 4) is 0 Å². The molecule has 1 heterocycles. The Bertz CT molecular complexity index is 200. The quantitative estimate of drug-likeness (QED) is 0.289. The van der Waals surface area contributed by atoms with Crippen molar-refractivity contribution in [3.05, 3.63) is 0 Å². The van der Waals surface area contributed by atoms with Crippen molar-refractivity contribution in [1.29, 1.82) is 0 Å². The van der Waals surface area contributed by atoms with Gasteiger partial charge in [-0.15, -0.1) is 0 Å². The summed E-state index contributed by atoms with van der Waals surface area (Å²) in [4.78, 5) is 17.1. The fourth-order valence-electron chi connectivity index (χ4n) is 1.25. The Kier molecular flexibility index (Phi) is 4.78. The van der Waals surface area contributed by atoms with Crippen LogP contribution >= 0.6 is 8.60 Å². The van der Waals surface area contributed by atoms with Gasteiger partial charge in [0.05, 0.1) is 6.61 Å². The molecule has 0 unspecified atom stereocenters. The summed E-state index contributed by atoms with van der Waals surface area (Å²) in [5.74, 6) is 0. The molecule has 1 aliphatic heterocycles. The molecule has 15 heavy (non-hydrogen) atoms. The summed E-state index contributed by atoms with van der Waals surface area (Å²) in [6, 6.07) is 0. The van der Waals surface area contributed by atoms with Gasteiger partial charge in [0.1, 0.15) is 24.4 Å². The maximum atomic E-state index is 9.32. The predicted octanol–water partition coefficient (Wildman–Crippen LogP) is -2.99. The zero-order valence-electron chi connectivity index (χ0n) is 7.54. The molecule has 0 aromatic heterocycles. The molecule has 0 amide bonds. The van der Waals surface area contributed by atoms with Crippen LogP contribution in [-0.4, -0.2) is 67.5 Å². The highest BCUT2D eigenvalue weighted by Crippen LogP contribution is 2.32. The fraction of sp³-hybridized carbons (Fsp3) is 1.00. The summed E-state index contributed by atoms with van der Waals surface area (Å²) in [6.07, 6.45) is -7.32. The van der Waals surface area contributed by atoms with Crippen LogP contribution in [0.1, 0.15) is 0 Å². The van der Waals surface area contributed by atoms with Crippen molar-refractivity contribution in [3.63, 3.8) is 0 Å². The maximum Gasteiger partial charge on any atom is 0.329 e. The Morgan fingerprint density at radius 2 is 1.67 bits per heavy atom.